The van der Waals surface area contributed by atoms with Crippen molar-refractivity contribution in [1.29, 1.82) is 0 Å². The molecule has 3 nitrogen and oxygen atoms in total. The molecule has 0 atom stereocenters. The van der Waals surface area contributed by atoms with Crippen LogP contribution in [0.15, 0.2) is 72.8 Å². The van der Waals surface area contributed by atoms with Crippen LogP contribution in [0.25, 0.3) is 0 Å². The summed E-state index contributed by atoms with van der Waals surface area (Å²) in [5, 5.41) is 0.649. The summed E-state index contributed by atoms with van der Waals surface area (Å²) < 4.78 is 5.45. The Labute approximate surface area is 163 Å². The van der Waals surface area contributed by atoms with Gasteiger partial charge in [-0.25, -0.2) is 0 Å². The van der Waals surface area contributed by atoms with Crippen LogP contribution < -0.4 is 4.74 Å². The van der Waals surface area contributed by atoms with E-state index in [4.69, 9.17) is 16.3 Å². The fourth-order valence-corrected chi connectivity index (χ4v) is 2.99. The number of hydrogen-bond acceptors (Lipinski definition) is 3. The van der Waals surface area contributed by atoms with Crippen LogP contribution in [0.2, 0.25) is 5.02 Å². The summed E-state index contributed by atoms with van der Waals surface area (Å²) in [5.74, 6) is 0.0912. The van der Waals surface area contributed by atoms with Crippen molar-refractivity contribution in [3.8, 4) is 5.75 Å². The third kappa shape index (κ3) is 5.05. The number of ether oxygens (including phenoxy) is 1. The molecule has 27 heavy (non-hydrogen) atoms. The van der Waals surface area contributed by atoms with Crippen LogP contribution in [0.3, 0.4) is 0 Å². The predicted molar refractivity (Wildman–Crippen MR) is 106 cm³/mol. The quantitative estimate of drug-likeness (QED) is 0.327. The van der Waals surface area contributed by atoms with Gasteiger partial charge in [0.1, 0.15) is 5.75 Å². The molecule has 0 unspecified atom stereocenters. The number of benzene rings is 3. The minimum absolute atomic E-state index is 0.0578. The van der Waals surface area contributed by atoms with Crippen LogP contribution in [-0.4, -0.2) is 11.8 Å². The van der Waals surface area contributed by atoms with Gasteiger partial charge < -0.3 is 4.74 Å². The minimum Gasteiger partial charge on any atom is -0.426 e. The number of hydrogen-bond donors (Lipinski definition) is 0. The molecule has 0 saturated carbocycles. The molecule has 3 rings (SSSR count). The zero-order valence-electron chi connectivity index (χ0n) is 14.9. The topological polar surface area (TPSA) is 43.4 Å². The lowest BCUT2D eigenvalue weighted by Crippen LogP contribution is -2.10. The molecular weight excluding hydrogens is 360 g/mol. The average molecular weight is 379 g/mol. The van der Waals surface area contributed by atoms with Gasteiger partial charge in [0, 0.05) is 22.6 Å². The highest BCUT2D eigenvalue weighted by Gasteiger charge is 2.13. The molecule has 3 aromatic rings. The molecule has 0 N–H and O–H groups in total. The third-order valence-electron chi connectivity index (χ3n) is 4.20. The van der Waals surface area contributed by atoms with E-state index in [0.29, 0.717) is 28.3 Å². The van der Waals surface area contributed by atoms with E-state index >= 15 is 0 Å². The van der Waals surface area contributed by atoms with Gasteiger partial charge in [-0.15, -0.1) is 0 Å². The van der Waals surface area contributed by atoms with Crippen LogP contribution in [0.4, 0.5) is 0 Å². The highest BCUT2D eigenvalue weighted by Crippen LogP contribution is 2.22. The van der Waals surface area contributed by atoms with Gasteiger partial charge in [0.15, 0.2) is 5.78 Å². The molecule has 0 saturated heterocycles. The molecule has 4 heteroatoms. The summed E-state index contributed by atoms with van der Waals surface area (Å²) in [6.07, 6.45) is 0.813. The lowest BCUT2D eigenvalue weighted by molar-refractivity contribution is -0.134. The molecule has 0 fully saturated rings. The number of esters is 1. The normalized spacial score (nSPS) is 10.4. The average Bonchev–Trinajstić information content (AvgIpc) is 2.68. The first kappa shape index (κ1) is 18.9. The van der Waals surface area contributed by atoms with Gasteiger partial charge in [0.2, 0.25) is 0 Å². The molecule has 3 aromatic carbocycles. The first-order valence-corrected chi connectivity index (χ1v) is 9.06. The molecule has 0 aliphatic rings. The van der Waals surface area contributed by atoms with Crippen LogP contribution in [-0.2, 0) is 11.2 Å². The number of ketones is 1. The second-order valence-electron chi connectivity index (χ2n) is 6.28. The van der Waals surface area contributed by atoms with Crippen molar-refractivity contribution in [3.05, 3.63) is 100 Å². The van der Waals surface area contributed by atoms with Gasteiger partial charge in [-0.1, -0.05) is 54.1 Å². The third-order valence-corrected chi connectivity index (χ3v) is 4.44. The molecule has 0 bridgehead atoms. The number of carbonyl (C=O) groups excluding carboxylic acids is 2. The lowest BCUT2D eigenvalue weighted by Gasteiger charge is -2.09. The molecule has 0 aromatic heterocycles. The maximum atomic E-state index is 12.5. The Kier molecular flexibility index (Phi) is 6.05. The minimum atomic E-state index is -0.319. The van der Waals surface area contributed by atoms with Crippen LogP contribution in [0.1, 0.15) is 33.5 Å². The molecule has 0 aliphatic carbocycles. The first-order valence-electron chi connectivity index (χ1n) is 8.68. The molecule has 0 spiro atoms. The van der Waals surface area contributed by atoms with E-state index < -0.39 is 0 Å². The SMILES string of the molecule is Cc1cc(C(=O)c2ccccc2)ccc1OC(=O)CCc1cccc(Cl)c1. The highest BCUT2D eigenvalue weighted by atomic mass is 35.5. The number of carbonyl (C=O) groups is 2. The van der Waals surface area contributed by atoms with E-state index in [0.717, 1.165) is 11.1 Å². The zero-order valence-corrected chi connectivity index (χ0v) is 15.7. The van der Waals surface area contributed by atoms with E-state index in [-0.39, 0.29) is 18.2 Å². The molecule has 136 valence electrons. The fraction of sp³-hybridized carbons (Fsp3) is 0.130. The first-order chi connectivity index (χ1) is 13.0. The van der Waals surface area contributed by atoms with Crippen molar-refractivity contribution in [3.63, 3.8) is 0 Å². The summed E-state index contributed by atoms with van der Waals surface area (Å²) in [6, 6.07) is 21.6. The predicted octanol–water partition coefficient (Wildman–Crippen LogP) is 5.42. The highest BCUT2D eigenvalue weighted by molar-refractivity contribution is 6.30. The van der Waals surface area contributed by atoms with Gasteiger partial charge in [-0.2, -0.15) is 0 Å². The van der Waals surface area contributed by atoms with Gasteiger partial charge in [0.25, 0.3) is 0 Å². The Morgan fingerprint density at radius 3 is 2.37 bits per heavy atom. The van der Waals surface area contributed by atoms with Gasteiger partial charge in [-0.3, -0.25) is 9.59 Å². The molecule has 0 radical (unpaired) electrons. The second kappa shape index (κ2) is 8.65. The molecular formula is C23H19ClO3. The van der Waals surface area contributed by atoms with E-state index in [1.807, 2.05) is 43.3 Å². The van der Waals surface area contributed by atoms with E-state index in [2.05, 4.69) is 0 Å². The Hall–Kier alpha value is -2.91. The summed E-state index contributed by atoms with van der Waals surface area (Å²) >= 11 is 5.95. The van der Waals surface area contributed by atoms with Crippen LogP contribution in [0, 0.1) is 6.92 Å². The summed E-state index contributed by atoms with van der Waals surface area (Å²) in [7, 11) is 0. The molecule has 0 aliphatic heterocycles. The maximum absolute atomic E-state index is 12.5. The van der Waals surface area contributed by atoms with Crippen molar-refractivity contribution < 1.29 is 14.3 Å². The molecule has 0 amide bonds. The summed E-state index contributed by atoms with van der Waals surface area (Å²) in [5.41, 5.74) is 2.92. The van der Waals surface area contributed by atoms with Crippen molar-refractivity contribution in [2.45, 2.75) is 19.8 Å². The smallest absolute Gasteiger partial charge is 0.311 e. The monoisotopic (exact) mass is 378 g/mol. The molecule has 0 heterocycles. The fourth-order valence-electron chi connectivity index (χ4n) is 2.77. The summed E-state index contributed by atoms with van der Waals surface area (Å²) in [6.45, 7) is 1.82. The van der Waals surface area contributed by atoms with Gasteiger partial charge in [0.05, 0.1) is 0 Å². The van der Waals surface area contributed by atoms with Crippen LogP contribution >= 0.6 is 11.6 Å². The number of halogens is 1. The second-order valence-corrected chi connectivity index (χ2v) is 6.72. The van der Waals surface area contributed by atoms with E-state index in [1.54, 1.807) is 36.4 Å². The van der Waals surface area contributed by atoms with Gasteiger partial charge >= 0.3 is 5.97 Å². The Balaban J connectivity index is 1.63. The zero-order chi connectivity index (χ0) is 19.2. The van der Waals surface area contributed by atoms with E-state index in [1.165, 1.54) is 0 Å². The summed E-state index contributed by atoms with van der Waals surface area (Å²) in [4.78, 5) is 24.6. The Morgan fingerprint density at radius 2 is 1.67 bits per heavy atom. The number of rotatable bonds is 6. The lowest BCUT2D eigenvalue weighted by atomic mass is 10.0. The standard InChI is InChI=1S/C23H19ClO3/c1-16-14-19(23(26)18-7-3-2-4-8-18)11-12-21(16)27-22(25)13-10-17-6-5-9-20(24)15-17/h2-9,11-12,14-15H,10,13H2,1H3. The number of aryl methyl sites for hydroxylation is 2. The Morgan fingerprint density at radius 1 is 0.889 bits per heavy atom. The van der Waals surface area contributed by atoms with Crippen molar-refractivity contribution in [1.82, 2.24) is 0 Å². The van der Waals surface area contributed by atoms with Crippen molar-refractivity contribution in [2.24, 2.45) is 0 Å². The van der Waals surface area contributed by atoms with Crippen molar-refractivity contribution in [2.75, 3.05) is 0 Å². The van der Waals surface area contributed by atoms with E-state index in [9.17, 15) is 9.59 Å². The Bertz CT molecular complexity index is 964. The van der Waals surface area contributed by atoms with Crippen molar-refractivity contribution >= 4 is 23.4 Å². The van der Waals surface area contributed by atoms with Crippen LogP contribution in [0.5, 0.6) is 5.75 Å². The van der Waals surface area contributed by atoms with Gasteiger partial charge in [-0.05, 0) is 54.8 Å². The maximum Gasteiger partial charge on any atom is 0.311 e. The largest absolute Gasteiger partial charge is 0.426 e.